The van der Waals surface area contributed by atoms with Gasteiger partial charge in [-0.05, 0) is 18.8 Å². The number of hydrogen-bond acceptors (Lipinski definition) is 5. The Hall–Kier alpha value is -1.49. The minimum absolute atomic E-state index is 0.208. The van der Waals surface area contributed by atoms with Crippen LogP contribution in [-0.4, -0.2) is 29.4 Å². The Bertz CT molecular complexity index is 336. The number of hydrogen-bond donors (Lipinski definition) is 0. The predicted octanol–water partition coefficient (Wildman–Crippen LogP) is 1.20. The number of carbonyl (C=O) groups excluding carboxylic acids is 1. The third kappa shape index (κ3) is 3.27. The van der Waals surface area contributed by atoms with Crippen LogP contribution in [0.2, 0.25) is 0 Å². The second kappa shape index (κ2) is 5.55. The highest BCUT2D eigenvalue weighted by molar-refractivity contribution is 5.72. The van der Waals surface area contributed by atoms with Crippen molar-refractivity contribution in [2.45, 2.75) is 19.3 Å². The molecule has 0 N–H and O–H groups in total. The molecule has 5 heteroatoms. The summed E-state index contributed by atoms with van der Waals surface area (Å²) in [6, 6.07) is 1.62. The van der Waals surface area contributed by atoms with Crippen LogP contribution < -0.4 is 4.74 Å². The van der Waals surface area contributed by atoms with Crippen molar-refractivity contribution in [2.24, 2.45) is 5.92 Å². The van der Waals surface area contributed by atoms with Crippen LogP contribution in [0, 0.1) is 5.92 Å². The quantitative estimate of drug-likeness (QED) is 0.719. The molecule has 16 heavy (non-hydrogen) atoms. The fourth-order valence-corrected chi connectivity index (χ4v) is 1.70. The van der Waals surface area contributed by atoms with E-state index in [4.69, 9.17) is 9.47 Å². The summed E-state index contributed by atoms with van der Waals surface area (Å²) in [5.41, 5.74) is 0. The zero-order valence-corrected chi connectivity index (χ0v) is 8.96. The van der Waals surface area contributed by atoms with Crippen molar-refractivity contribution < 1.29 is 14.3 Å². The zero-order chi connectivity index (χ0) is 11.2. The second-order valence-electron chi connectivity index (χ2n) is 3.81. The van der Waals surface area contributed by atoms with E-state index in [1.165, 1.54) is 12.4 Å². The van der Waals surface area contributed by atoms with Gasteiger partial charge in [0, 0.05) is 25.7 Å². The lowest BCUT2D eigenvalue weighted by Crippen LogP contribution is -2.21. The van der Waals surface area contributed by atoms with E-state index in [2.05, 4.69) is 10.2 Å². The van der Waals surface area contributed by atoms with Crippen LogP contribution in [0.1, 0.15) is 19.3 Å². The van der Waals surface area contributed by atoms with E-state index in [1.54, 1.807) is 6.07 Å². The van der Waals surface area contributed by atoms with Gasteiger partial charge in [-0.1, -0.05) is 0 Å². The van der Waals surface area contributed by atoms with Gasteiger partial charge in [0.05, 0.1) is 12.4 Å². The van der Waals surface area contributed by atoms with E-state index in [0.29, 0.717) is 18.1 Å². The molecule has 86 valence electrons. The fraction of sp³-hybridized carbons (Fsp3) is 0.545. The highest BCUT2D eigenvalue weighted by atomic mass is 16.5. The van der Waals surface area contributed by atoms with Gasteiger partial charge in [0.1, 0.15) is 0 Å². The first-order chi connectivity index (χ1) is 7.84. The SMILES string of the molecule is O=C(CC1CCOCC1)Oc1ccnnc1. The van der Waals surface area contributed by atoms with Gasteiger partial charge in [-0.15, -0.1) is 0 Å². The Labute approximate surface area is 93.8 Å². The molecule has 1 aromatic heterocycles. The molecule has 2 heterocycles. The van der Waals surface area contributed by atoms with E-state index in [0.717, 1.165) is 26.1 Å². The summed E-state index contributed by atoms with van der Waals surface area (Å²) < 4.78 is 10.4. The van der Waals surface area contributed by atoms with Crippen molar-refractivity contribution >= 4 is 5.97 Å². The van der Waals surface area contributed by atoms with Crippen molar-refractivity contribution in [2.75, 3.05) is 13.2 Å². The third-order valence-corrected chi connectivity index (χ3v) is 2.59. The Morgan fingerprint density at radius 2 is 2.25 bits per heavy atom. The lowest BCUT2D eigenvalue weighted by Gasteiger charge is -2.20. The van der Waals surface area contributed by atoms with Gasteiger partial charge in [0.2, 0.25) is 0 Å². The number of nitrogens with zero attached hydrogens (tertiary/aromatic N) is 2. The maximum absolute atomic E-state index is 11.6. The van der Waals surface area contributed by atoms with Gasteiger partial charge in [-0.25, -0.2) is 0 Å². The summed E-state index contributed by atoms with van der Waals surface area (Å²) in [5, 5.41) is 7.25. The topological polar surface area (TPSA) is 61.3 Å². The minimum atomic E-state index is -0.208. The smallest absolute Gasteiger partial charge is 0.311 e. The Kier molecular flexibility index (Phi) is 3.82. The molecule has 0 aromatic carbocycles. The molecule has 1 aliphatic rings. The summed E-state index contributed by atoms with van der Waals surface area (Å²) in [5.74, 6) is 0.628. The second-order valence-corrected chi connectivity index (χ2v) is 3.81. The maximum atomic E-state index is 11.6. The van der Waals surface area contributed by atoms with Crippen LogP contribution in [-0.2, 0) is 9.53 Å². The molecule has 2 rings (SSSR count). The molecule has 1 saturated heterocycles. The highest BCUT2D eigenvalue weighted by Gasteiger charge is 2.18. The molecule has 1 aromatic rings. The maximum Gasteiger partial charge on any atom is 0.311 e. The molecular weight excluding hydrogens is 208 g/mol. The van der Waals surface area contributed by atoms with Crippen molar-refractivity contribution in [3.63, 3.8) is 0 Å². The van der Waals surface area contributed by atoms with Crippen LogP contribution in [0.15, 0.2) is 18.5 Å². The molecule has 0 amide bonds. The summed E-state index contributed by atoms with van der Waals surface area (Å²) in [7, 11) is 0. The van der Waals surface area contributed by atoms with Gasteiger partial charge in [-0.2, -0.15) is 10.2 Å². The Balaban J connectivity index is 1.80. The van der Waals surface area contributed by atoms with Gasteiger partial charge in [0.15, 0.2) is 5.75 Å². The first-order valence-electron chi connectivity index (χ1n) is 5.40. The first-order valence-corrected chi connectivity index (χ1v) is 5.40. The van der Waals surface area contributed by atoms with Crippen molar-refractivity contribution in [1.29, 1.82) is 0 Å². The van der Waals surface area contributed by atoms with Gasteiger partial charge in [-0.3, -0.25) is 4.79 Å². The van der Waals surface area contributed by atoms with Crippen molar-refractivity contribution in [1.82, 2.24) is 10.2 Å². The molecule has 0 radical (unpaired) electrons. The highest BCUT2D eigenvalue weighted by Crippen LogP contribution is 2.19. The first kappa shape index (κ1) is 11.0. The molecule has 1 fully saturated rings. The van der Waals surface area contributed by atoms with Crippen LogP contribution in [0.5, 0.6) is 5.75 Å². The predicted molar refractivity (Wildman–Crippen MR) is 55.8 cm³/mol. The number of carbonyl (C=O) groups is 1. The summed E-state index contributed by atoms with van der Waals surface area (Å²) >= 11 is 0. The van der Waals surface area contributed by atoms with E-state index < -0.39 is 0 Å². The fourth-order valence-electron chi connectivity index (χ4n) is 1.70. The largest absolute Gasteiger partial charge is 0.425 e. The van der Waals surface area contributed by atoms with Crippen molar-refractivity contribution in [3.05, 3.63) is 18.5 Å². The molecule has 0 aliphatic carbocycles. The minimum Gasteiger partial charge on any atom is -0.425 e. The van der Waals surface area contributed by atoms with Crippen LogP contribution in [0.3, 0.4) is 0 Å². The summed E-state index contributed by atoms with van der Waals surface area (Å²) in [6.07, 6.45) is 5.25. The van der Waals surface area contributed by atoms with E-state index in [-0.39, 0.29) is 5.97 Å². The van der Waals surface area contributed by atoms with Crippen molar-refractivity contribution in [3.8, 4) is 5.75 Å². The van der Waals surface area contributed by atoms with E-state index in [9.17, 15) is 4.79 Å². The van der Waals surface area contributed by atoms with E-state index >= 15 is 0 Å². The number of rotatable bonds is 3. The lowest BCUT2D eigenvalue weighted by atomic mass is 9.97. The molecule has 5 nitrogen and oxygen atoms in total. The van der Waals surface area contributed by atoms with E-state index in [1.807, 2.05) is 0 Å². The lowest BCUT2D eigenvalue weighted by molar-refractivity contribution is -0.136. The molecule has 0 bridgehead atoms. The Morgan fingerprint density at radius 1 is 1.44 bits per heavy atom. The van der Waals surface area contributed by atoms with Gasteiger partial charge < -0.3 is 9.47 Å². The third-order valence-electron chi connectivity index (χ3n) is 2.59. The Morgan fingerprint density at radius 3 is 2.94 bits per heavy atom. The molecular formula is C11H14N2O3. The van der Waals surface area contributed by atoms with Crippen LogP contribution >= 0.6 is 0 Å². The monoisotopic (exact) mass is 222 g/mol. The molecule has 0 saturated carbocycles. The average molecular weight is 222 g/mol. The summed E-state index contributed by atoms with van der Waals surface area (Å²) in [4.78, 5) is 11.6. The zero-order valence-electron chi connectivity index (χ0n) is 8.96. The van der Waals surface area contributed by atoms with Crippen LogP contribution in [0.4, 0.5) is 0 Å². The molecule has 0 atom stereocenters. The molecule has 0 spiro atoms. The average Bonchev–Trinajstić information content (AvgIpc) is 2.31. The molecule has 0 unspecified atom stereocenters. The normalized spacial score (nSPS) is 17.0. The van der Waals surface area contributed by atoms with Crippen LogP contribution in [0.25, 0.3) is 0 Å². The summed E-state index contributed by atoms with van der Waals surface area (Å²) in [6.45, 7) is 1.49. The van der Waals surface area contributed by atoms with Gasteiger partial charge in [0.25, 0.3) is 0 Å². The number of aromatic nitrogens is 2. The number of esters is 1. The van der Waals surface area contributed by atoms with Gasteiger partial charge >= 0.3 is 5.97 Å². The molecule has 1 aliphatic heterocycles. The number of ether oxygens (including phenoxy) is 2. The standard InChI is InChI=1S/C11H14N2O3/c14-11(7-9-2-5-15-6-3-9)16-10-1-4-12-13-8-10/h1,4,8-9H,2-3,5-7H2.